The Balaban J connectivity index is 2.79. The second-order valence-corrected chi connectivity index (χ2v) is 7.08. The summed E-state index contributed by atoms with van der Waals surface area (Å²) in [6.45, 7) is 11.7. The van der Waals surface area contributed by atoms with E-state index in [0.29, 0.717) is 4.90 Å². The van der Waals surface area contributed by atoms with Crippen LogP contribution in [0.2, 0.25) is 0 Å². The van der Waals surface area contributed by atoms with E-state index in [-0.39, 0.29) is 12.0 Å². The Morgan fingerprint density at radius 1 is 1.26 bits per heavy atom. The summed E-state index contributed by atoms with van der Waals surface area (Å²) >= 11 is 0. The molecule has 0 aliphatic rings. The maximum absolute atomic E-state index is 12.2. The molecule has 1 aromatic carbocycles. The third-order valence-electron chi connectivity index (χ3n) is 3.20. The third kappa shape index (κ3) is 4.80. The summed E-state index contributed by atoms with van der Waals surface area (Å²) in [5.74, 6) is 0.220. The van der Waals surface area contributed by atoms with E-state index < -0.39 is 10.0 Å². The summed E-state index contributed by atoms with van der Waals surface area (Å²) in [7, 11) is -3.44. The van der Waals surface area contributed by atoms with E-state index in [1.807, 2.05) is 27.7 Å². The van der Waals surface area contributed by atoms with Crippen molar-refractivity contribution in [3.8, 4) is 0 Å². The fraction of sp³-hybridized carbons (Fsp3) is 0.467. The highest BCUT2D eigenvalue weighted by molar-refractivity contribution is 7.89. The molecule has 0 amide bonds. The highest BCUT2D eigenvalue weighted by Crippen LogP contribution is 2.16. The number of sulfonamides is 1. The zero-order chi connectivity index (χ0) is 14.6. The summed E-state index contributed by atoms with van der Waals surface area (Å²) in [6, 6.07) is 6.75. The molecule has 0 unspecified atom stereocenters. The Labute approximate surface area is 116 Å². The third-order valence-corrected chi connectivity index (χ3v) is 4.77. The van der Waals surface area contributed by atoms with E-state index >= 15 is 0 Å². The molecule has 0 aliphatic heterocycles. The van der Waals surface area contributed by atoms with Crippen LogP contribution in [0.5, 0.6) is 0 Å². The van der Waals surface area contributed by atoms with Crippen LogP contribution in [-0.2, 0) is 10.0 Å². The van der Waals surface area contributed by atoms with Gasteiger partial charge in [-0.1, -0.05) is 30.2 Å². The van der Waals surface area contributed by atoms with Crippen molar-refractivity contribution >= 4 is 10.0 Å². The van der Waals surface area contributed by atoms with Gasteiger partial charge in [-0.3, -0.25) is 0 Å². The molecule has 0 fully saturated rings. The van der Waals surface area contributed by atoms with Gasteiger partial charge in [-0.25, -0.2) is 13.1 Å². The molecule has 0 spiro atoms. The normalized spacial score (nSPS) is 14.9. The van der Waals surface area contributed by atoms with E-state index in [1.165, 1.54) is 0 Å². The summed E-state index contributed by atoms with van der Waals surface area (Å²) in [5, 5.41) is 0. The average Bonchev–Trinajstić information content (AvgIpc) is 2.27. The topological polar surface area (TPSA) is 46.2 Å². The molecule has 1 N–H and O–H groups in total. The predicted octanol–water partition coefficient (Wildman–Crippen LogP) is 3.26. The van der Waals surface area contributed by atoms with E-state index in [9.17, 15) is 8.42 Å². The van der Waals surface area contributed by atoms with E-state index in [0.717, 1.165) is 17.6 Å². The lowest BCUT2D eigenvalue weighted by atomic mass is 9.97. The average molecular weight is 281 g/mol. The van der Waals surface area contributed by atoms with Crippen LogP contribution in [0.15, 0.2) is 41.3 Å². The van der Waals surface area contributed by atoms with Gasteiger partial charge in [-0.15, -0.1) is 6.58 Å². The smallest absolute Gasteiger partial charge is 0.208 e. The number of aryl methyl sites for hydroxylation is 1. The summed E-state index contributed by atoms with van der Waals surface area (Å²) < 4.78 is 27.1. The highest BCUT2D eigenvalue weighted by atomic mass is 32.2. The zero-order valence-corrected chi connectivity index (χ0v) is 12.9. The first-order valence-electron chi connectivity index (χ1n) is 6.46. The van der Waals surface area contributed by atoms with E-state index in [2.05, 4.69) is 11.3 Å². The Kier molecular flexibility index (Phi) is 5.32. The number of nitrogens with one attached hydrogen (secondary N) is 1. The number of rotatable bonds is 6. The number of allylic oxidation sites excluding steroid dienone is 1. The monoisotopic (exact) mass is 281 g/mol. The Morgan fingerprint density at radius 3 is 2.26 bits per heavy atom. The largest absolute Gasteiger partial charge is 0.240 e. The van der Waals surface area contributed by atoms with Crippen molar-refractivity contribution in [2.75, 3.05) is 0 Å². The molecule has 0 heterocycles. The number of benzene rings is 1. The first-order valence-corrected chi connectivity index (χ1v) is 7.94. The molecule has 4 heteroatoms. The Hall–Kier alpha value is -1.13. The van der Waals surface area contributed by atoms with Crippen LogP contribution in [0.1, 0.15) is 32.8 Å². The zero-order valence-electron chi connectivity index (χ0n) is 12.1. The minimum Gasteiger partial charge on any atom is -0.208 e. The van der Waals surface area contributed by atoms with Gasteiger partial charge in [0.15, 0.2) is 0 Å². The van der Waals surface area contributed by atoms with Crippen LogP contribution >= 0.6 is 0 Å². The van der Waals surface area contributed by atoms with E-state index in [4.69, 9.17) is 0 Å². The molecule has 1 aromatic rings. The fourth-order valence-electron chi connectivity index (χ4n) is 1.87. The molecular weight excluding hydrogens is 258 g/mol. The van der Waals surface area contributed by atoms with Crippen LogP contribution in [0, 0.1) is 12.8 Å². The lowest BCUT2D eigenvalue weighted by Crippen LogP contribution is -2.37. The Bertz CT molecular complexity index is 532. The summed E-state index contributed by atoms with van der Waals surface area (Å²) in [5.41, 5.74) is 2.11. The molecule has 0 aromatic heterocycles. The maximum Gasteiger partial charge on any atom is 0.240 e. The van der Waals surface area contributed by atoms with Crippen molar-refractivity contribution in [2.24, 2.45) is 5.92 Å². The molecule has 19 heavy (non-hydrogen) atoms. The van der Waals surface area contributed by atoms with Gasteiger partial charge in [-0.05, 0) is 45.2 Å². The van der Waals surface area contributed by atoms with Gasteiger partial charge < -0.3 is 0 Å². The number of hydrogen-bond donors (Lipinski definition) is 1. The Morgan fingerprint density at radius 2 is 1.79 bits per heavy atom. The van der Waals surface area contributed by atoms with Crippen LogP contribution in [-0.4, -0.2) is 14.5 Å². The van der Waals surface area contributed by atoms with Gasteiger partial charge in [0.25, 0.3) is 0 Å². The van der Waals surface area contributed by atoms with Crippen LogP contribution in [0.25, 0.3) is 0 Å². The van der Waals surface area contributed by atoms with Crippen molar-refractivity contribution < 1.29 is 8.42 Å². The molecule has 0 aliphatic carbocycles. The second-order valence-electron chi connectivity index (χ2n) is 5.36. The van der Waals surface area contributed by atoms with E-state index in [1.54, 1.807) is 24.3 Å². The lowest BCUT2D eigenvalue weighted by Gasteiger charge is -2.21. The molecule has 0 bridgehead atoms. The first-order chi connectivity index (χ1) is 8.72. The molecule has 0 saturated heterocycles. The molecule has 2 atom stereocenters. The second kappa shape index (κ2) is 6.35. The summed E-state index contributed by atoms with van der Waals surface area (Å²) in [6.07, 6.45) is 0.817. The molecular formula is C15H23NO2S. The van der Waals surface area contributed by atoms with Crippen molar-refractivity contribution in [2.45, 2.75) is 45.1 Å². The fourth-order valence-corrected chi connectivity index (χ4v) is 3.22. The van der Waals surface area contributed by atoms with Crippen molar-refractivity contribution in [1.82, 2.24) is 4.72 Å². The molecule has 0 radical (unpaired) electrons. The summed E-state index contributed by atoms with van der Waals surface area (Å²) in [4.78, 5) is 0.312. The van der Waals surface area contributed by atoms with Crippen LogP contribution in [0.3, 0.4) is 0 Å². The lowest BCUT2D eigenvalue weighted by molar-refractivity contribution is 0.442. The maximum atomic E-state index is 12.2. The minimum atomic E-state index is -3.44. The van der Waals surface area contributed by atoms with Gasteiger partial charge in [0, 0.05) is 6.04 Å². The molecule has 3 nitrogen and oxygen atoms in total. The first kappa shape index (κ1) is 15.9. The molecule has 106 valence electrons. The molecule has 0 saturated carbocycles. The van der Waals surface area contributed by atoms with Gasteiger partial charge in [0.05, 0.1) is 4.90 Å². The SMILES string of the molecule is C=C(C)C[C@@H](C)[C@@H](C)NS(=O)(=O)c1ccc(C)cc1. The van der Waals surface area contributed by atoms with Gasteiger partial charge in [0.2, 0.25) is 10.0 Å². The van der Waals surface area contributed by atoms with Crippen molar-refractivity contribution in [1.29, 1.82) is 0 Å². The van der Waals surface area contributed by atoms with Gasteiger partial charge >= 0.3 is 0 Å². The van der Waals surface area contributed by atoms with Gasteiger partial charge in [0.1, 0.15) is 0 Å². The highest BCUT2D eigenvalue weighted by Gasteiger charge is 2.20. The standard InChI is InChI=1S/C15H23NO2S/c1-11(2)10-13(4)14(5)16-19(17,18)15-8-6-12(3)7-9-15/h6-9,13-14,16H,1,10H2,2-5H3/t13-,14-/m1/s1. The van der Waals surface area contributed by atoms with Crippen molar-refractivity contribution in [3.63, 3.8) is 0 Å². The number of hydrogen-bond acceptors (Lipinski definition) is 2. The quantitative estimate of drug-likeness (QED) is 0.813. The van der Waals surface area contributed by atoms with Gasteiger partial charge in [-0.2, -0.15) is 0 Å². The van der Waals surface area contributed by atoms with Crippen LogP contribution in [0.4, 0.5) is 0 Å². The minimum absolute atomic E-state index is 0.122. The predicted molar refractivity (Wildman–Crippen MR) is 79.6 cm³/mol. The van der Waals surface area contributed by atoms with Crippen molar-refractivity contribution in [3.05, 3.63) is 42.0 Å². The van der Waals surface area contributed by atoms with Crippen LogP contribution < -0.4 is 4.72 Å². The molecule has 1 rings (SSSR count).